The van der Waals surface area contributed by atoms with Crippen LogP contribution in [0.3, 0.4) is 0 Å². The van der Waals surface area contributed by atoms with Crippen LogP contribution in [0.25, 0.3) is 0 Å². The quantitative estimate of drug-likeness (QED) is 0.866. The van der Waals surface area contributed by atoms with Crippen molar-refractivity contribution in [2.75, 3.05) is 19.7 Å². The Morgan fingerprint density at radius 1 is 1.30 bits per heavy atom. The van der Waals surface area contributed by atoms with Crippen molar-refractivity contribution < 1.29 is 4.74 Å². The molecule has 2 aliphatic rings. The van der Waals surface area contributed by atoms with Gasteiger partial charge in [-0.15, -0.1) is 0 Å². The Bertz CT molecular complexity index is 431. The maximum absolute atomic E-state index is 6.37. The first kappa shape index (κ1) is 13.9. The predicted octanol–water partition coefficient (Wildman–Crippen LogP) is 2.96. The number of rotatable bonds is 6. The summed E-state index contributed by atoms with van der Waals surface area (Å²) < 4.78 is 5.61. The highest BCUT2D eigenvalue weighted by Crippen LogP contribution is 2.37. The Labute approximate surface area is 122 Å². The second-order valence-corrected chi connectivity index (χ2v) is 6.31. The summed E-state index contributed by atoms with van der Waals surface area (Å²) in [4.78, 5) is 2.60. The third-order valence-electron chi connectivity index (χ3n) is 4.73. The molecule has 0 amide bonds. The Kier molecular flexibility index (Phi) is 4.27. The van der Waals surface area contributed by atoms with Crippen LogP contribution in [0.5, 0.6) is 5.75 Å². The molecule has 3 rings (SSSR count). The number of nitrogens with two attached hydrogens (primary N) is 1. The molecule has 2 fully saturated rings. The fraction of sp³-hybridized carbons (Fsp3) is 0.647. The van der Waals surface area contributed by atoms with Crippen LogP contribution in [0.2, 0.25) is 0 Å². The zero-order valence-corrected chi connectivity index (χ0v) is 12.4. The summed E-state index contributed by atoms with van der Waals surface area (Å²) in [6, 6.07) is 9.24. The van der Waals surface area contributed by atoms with E-state index in [9.17, 15) is 0 Å². The van der Waals surface area contributed by atoms with E-state index in [0.717, 1.165) is 37.3 Å². The fourth-order valence-corrected chi connectivity index (χ4v) is 3.64. The van der Waals surface area contributed by atoms with Gasteiger partial charge in [0, 0.05) is 25.2 Å². The van der Waals surface area contributed by atoms with Crippen molar-refractivity contribution in [2.45, 2.75) is 44.7 Å². The van der Waals surface area contributed by atoms with Crippen molar-refractivity contribution >= 4 is 0 Å². The van der Waals surface area contributed by atoms with E-state index < -0.39 is 0 Å². The van der Waals surface area contributed by atoms with Crippen LogP contribution in [0.4, 0.5) is 0 Å². The first-order chi connectivity index (χ1) is 9.76. The van der Waals surface area contributed by atoms with Gasteiger partial charge in [0.25, 0.3) is 0 Å². The highest BCUT2D eigenvalue weighted by Gasteiger charge is 2.37. The van der Waals surface area contributed by atoms with Crippen molar-refractivity contribution in [1.29, 1.82) is 0 Å². The molecule has 3 atom stereocenters. The molecule has 2 bridgehead atoms. The normalized spacial score (nSPS) is 26.9. The van der Waals surface area contributed by atoms with Crippen molar-refractivity contribution in [1.82, 2.24) is 4.90 Å². The Morgan fingerprint density at radius 3 is 2.70 bits per heavy atom. The molecule has 3 heteroatoms. The first-order valence-electron chi connectivity index (χ1n) is 7.98. The molecule has 1 heterocycles. The average Bonchev–Trinajstić information content (AvgIpc) is 3.08. The van der Waals surface area contributed by atoms with Gasteiger partial charge in [-0.2, -0.15) is 0 Å². The molecule has 1 aromatic carbocycles. The minimum Gasteiger partial charge on any atom is -0.494 e. The predicted molar refractivity (Wildman–Crippen MR) is 81.9 cm³/mol. The molecule has 3 unspecified atom stereocenters. The largest absolute Gasteiger partial charge is 0.494 e. The molecule has 110 valence electrons. The van der Waals surface area contributed by atoms with E-state index in [1.54, 1.807) is 0 Å². The molecule has 0 radical (unpaired) electrons. The van der Waals surface area contributed by atoms with Crippen LogP contribution in [-0.4, -0.2) is 30.6 Å². The number of ether oxygens (including phenoxy) is 1. The van der Waals surface area contributed by atoms with Gasteiger partial charge in [-0.1, -0.05) is 19.1 Å². The Hall–Kier alpha value is -1.06. The van der Waals surface area contributed by atoms with Gasteiger partial charge in [0.05, 0.1) is 6.61 Å². The number of fused-ring (bicyclic) bond motifs is 2. The highest BCUT2D eigenvalue weighted by atomic mass is 16.5. The lowest BCUT2D eigenvalue weighted by atomic mass is 10.1. The van der Waals surface area contributed by atoms with Crippen molar-refractivity contribution in [2.24, 2.45) is 11.7 Å². The minimum absolute atomic E-state index is 0.120. The van der Waals surface area contributed by atoms with E-state index >= 15 is 0 Å². The van der Waals surface area contributed by atoms with Gasteiger partial charge in [0.2, 0.25) is 0 Å². The van der Waals surface area contributed by atoms with Gasteiger partial charge in [-0.05, 0) is 49.3 Å². The molecule has 1 aliphatic heterocycles. The molecular formula is C17H26N2O. The molecule has 0 spiro atoms. The summed E-state index contributed by atoms with van der Waals surface area (Å²) in [5, 5.41) is 0. The van der Waals surface area contributed by atoms with Gasteiger partial charge >= 0.3 is 0 Å². The van der Waals surface area contributed by atoms with Crippen LogP contribution in [0.15, 0.2) is 24.3 Å². The monoisotopic (exact) mass is 274 g/mol. The van der Waals surface area contributed by atoms with Crippen LogP contribution >= 0.6 is 0 Å². The van der Waals surface area contributed by atoms with Crippen molar-refractivity contribution in [3.63, 3.8) is 0 Å². The lowest BCUT2D eigenvalue weighted by Gasteiger charge is -2.29. The maximum Gasteiger partial charge on any atom is 0.119 e. The van der Waals surface area contributed by atoms with E-state index in [1.165, 1.54) is 31.4 Å². The van der Waals surface area contributed by atoms with E-state index in [-0.39, 0.29) is 6.04 Å². The van der Waals surface area contributed by atoms with Crippen LogP contribution in [-0.2, 0) is 0 Å². The van der Waals surface area contributed by atoms with Crippen LogP contribution in [0.1, 0.15) is 44.2 Å². The summed E-state index contributed by atoms with van der Waals surface area (Å²) in [6.45, 7) is 5.16. The van der Waals surface area contributed by atoms with E-state index in [4.69, 9.17) is 10.5 Å². The van der Waals surface area contributed by atoms with Gasteiger partial charge in [-0.25, -0.2) is 0 Å². The van der Waals surface area contributed by atoms with Crippen molar-refractivity contribution in [3.8, 4) is 5.75 Å². The van der Waals surface area contributed by atoms with Crippen LogP contribution in [0, 0.1) is 5.92 Å². The Morgan fingerprint density at radius 2 is 2.10 bits per heavy atom. The van der Waals surface area contributed by atoms with E-state index in [1.807, 2.05) is 12.1 Å². The molecular weight excluding hydrogens is 248 g/mol. The number of nitrogens with zero attached hydrogens (tertiary/aromatic N) is 1. The minimum atomic E-state index is 0.120. The number of hydrogen-bond donors (Lipinski definition) is 1. The number of hydrogen-bond acceptors (Lipinski definition) is 3. The van der Waals surface area contributed by atoms with Gasteiger partial charge < -0.3 is 10.5 Å². The molecule has 1 saturated heterocycles. The third-order valence-corrected chi connectivity index (χ3v) is 4.73. The van der Waals surface area contributed by atoms with Crippen molar-refractivity contribution in [3.05, 3.63) is 29.8 Å². The summed E-state index contributed by atoms with van der Waals surface area (Å²) in [5.74, 6) is 1.89. The maximum atomic E-state index is 6.37. The molecule has 2 N–H and O–H groups in total. The molecule has 0 aromatic heterocycles. The zero-order chi connectivity index (χ0) is 13.9. The third kappa shape index (κ3) is 2.99. The second kappa shape index (κ2) is 6.15. The summed E-state index contributed by atoms with van der Waals surface area (Å²) >= 11 is 0. The Balaban J connectivity index is 1.55. The molecule has 1 aromatic rings. The zero-order valence-electron chi connectivity index (χ0n) is 12.4. The molecule has 3 nitrogen and oxygen atoms in total. The smallest absolute Gasteiger partial charge is 0.119 e. The summed E-state index contributed by atoms with van der Waals surface area (Å²) in [5.41, 5.74) is 7.59. The standard InChI is InChI=1S/C17H26N2O/c1-2-9-20-16-7-4-14(5-8-16)17(18)12-19-11-13-3-6-15(19)10-13/h4-5,7-8,13,15,17H,2-3,6,9-12,18H2,1H3. The second-order valence-electron chi connectivity index (χ2n) is 6.31. The van der Waals surface area contributed by atoms with Crippen LogP contribution < -0.4 is 10.5 Å². The summed E-state index contributed by atoms with van der Waals surface area (Å²) in [6.07, 6.45) is 5.25. The molecule has 20 heavy (non-hydrogen) atoms. The summed E-state index contributed by atoms with van der Waals surface area (Å²) in [7, 11) is 0. The highest BCUT2D eigenvalue weighted by molar-refractivity contribution is 5.29. The number of likely N-dealkylation sites (tertiary alicyclic amines) is 1. The molecule has 1 saturated carbocycles. The van der Waals surface area contributed by atoms with E-state index in [2.05, 4.69) is 24.0 Å². The van der Waals surface area contributed by atoms with Gasteiger partial charge in [-0.3, -0.25) is 4.90 Å². The lowest BCUT2D eigenvalue weighted by molar-refractivity contribution is 0.201. The fourth-order valence-electron chi connectivity index (χ4n) is 3.64. The lowest BCUT2D eigenvalue weighted by Crippen LogP contribution is -2.37. The average molecular weight is 274 g/mol. The van der Waals surface area contributed by atoms with Gasteiger partial charge in [0.1, 0.15) is 5.75 Å². The number of benzene rings is 1. The van der Waals surface area contributed by atoms with E-state index in [0.29, 0.717) is 0 Å². The first-order valence-corrected chi connectivity index (χ1v) is 7.98. The number of piperidine rings is 1. The van der Waals surface area contributed by atoms with Gasteiger partial charge in [0.15, 0.2) is 0 Å². The SMILES string of the molecule is CCCOc1ccc(C(N)CN2CC3CCC2C3)cc1. The molecule has 1 aliphatic carbocycles. The topological polar surface area (TPSA) is 38.5 Å².